The number of rotatable bonds is 4. The van der Waals surface area contributed by atoms with E-state index in [9.17, 15) is 4.79 Å². The third kappa shape index (κ3) is 3.32. The van der Waals surface area contributed by atoms with Gasteiger partial charge in [-0.25, -0.2) is 9.67 Å². The van der Waals surface area contributed by atoms with Gasteiger partial charge in [-0.15, -0.1) is 0 Å². The highest BCUT2D eigenvalue weighted by Gasteiger charge is 2.06. The van der Waals surface area contributed by atoms with Crippen LogP contribution in [0.1, 0.15) is 6.92 Å². The van der Waals surface area contributed by atoms with Gasteiger partial charge in [0.2, 0.25) is 5.91 Å². The van der Waals surface area contributed by atoms with Crippen molar-refractivity contribution in [2.45, 2.75) is 11.9 Å². The summed E-state index contributed by atoms with van der Waals surface area (Å²) in [6.45, 7) is 1.47. The Bertz CT molecular complexity index is 787. The summed E-state index contributed by atoms with van der Waals surface area (Å²) in [5.74, 6) is -0.110. The molecule has 0 bridgehead atoms. The average molecular weight is 311 g/mol. The smallest absolute Gasteiger partial charge is 0.226 e. The van der Waals surface area contributed by atoms with Crippen LogP contribution in [-0.4, -0.2) is 25.7 Å². The number of hydrogen-bond donors (Lipinski definition) is 1. The monoisotopic (exact) mass is 311 g/mol. The molecule has 1 N–H and O–H groups in total. The lowest BCUT2D eigenvalue weighted by molar-refractivity contribution is -0.117. The number of hydrogen-bond acceptors (Lipinski definition) is 5. The largest absolute Gasteiger partial charge is 0.295 e. The van der Waals surface area contributed by atoms with Crippen molar-refractivity contribution in [3.8, 4) is 16.9 Å². The Morgan fingerprint density at radius 2 is 2.14 bits per heavy atom. The van der Waals surface area contributed by atoms with Gasteiger partial charge in [0.25, 0.3) is 0 Å². The summed E-state index contributed by atoms with van der Waals surface area (Å²) in [4.78, 5) is 19.5. The number of aromatic nitrogens is 4. The van der Waals surface area contributed by atoms with Crippen molar-refractivity contribution < 1.29 is 4.79 Å². The first-order chi connectivity index (χ1) is 10.7. The van der Waals surface area contributed by atoms with Crippen molar-refractivity contribution in [3.63, 3.8) is 0 Å². The van der Waals surface area contributed by atoms with E-state index in [4.69, 9.17) is 0 Å². The van der Waals surface area contributed by atoms with Crippen molar-refractivity contribution in [3.05, 3.63) is 55.1 Å². The number of amides is 1. The predicted octanol–water partition coefficient (Wildman–Crippen LogP) is 2.47. The van der Waals surface area contributed by atoms with E-state index in [1.807, 2.05) is 36.5 Å². The molecule has 7 heteroatoms. The summed E-state index contributed by atoms with van der Waals surface area (Å²) in [5.41, 5.74) is 2.58. The molecule has 0 saturated heterocycles. The Morgan fingerprint density at radius 3 is 2.91 bits per heavy atom. The highest BCUT2D eigenvalue weighted by atomic mass is 32.2. The first-order valence-corrected chi connectivity index (χ1v) is 7.40. The number of nitrogens with zero attached hydrogens (tertiary/aromatic N) is 4. The molecule has 0 aliphatic heterocycles. The SMILES string of the molecule is CC(=O)NSc1cccc(-c2cnn(-c3cccnc3)c2)n1. The fourth-order valence-electron chi connectivity index (χ4n) is 1.84. The lowest BCUT2D eigenvalue weighted by Crippen LogP contribution is -2.10. The Labute approximate surface area is 131 Å². The van der Waals surface area contributed by atoms with E-state index in [0.717, 1.165) is 22.0 Å². The third-order valence-electron chi connectivity index (χ3n) is 2.81. The zero-order valence-corrected chi connectivity index (χ0v) is 12.6. The van der Waals surface area contributed by atoms with Gasteiger partial charge in [0, 0.05) is 36.8 Å². The maximum Gasteiger partial charge on any atom is 0.226 e. The van der Waals surface area contributed by atoms with Crippen molar-refractivity contribution >= 4 is 17.9 Å². The van der Waals surface area contributed by atoms with E-state index in [-0.39, 0.29) is 5.91 Å². The summed E-state index contributed by atoms with van der Waals surface area (Å²) in [7, 11) is 0. The first-order valence-electron chi connectivity index (χ1n) is 6.58. The summed E-state index contributed by atoms with van der Waals surface area (Å²) in [5, 5.41) is 5.05. The molecule has 3 heterocycles. The molecule has 0 aromatic carbocycles. The normalized spacial score (nSPS) is 10.4. The Morgan fingerprint density at radius 1 is 1.23 bits per heavy atom. The highest BCUT2D eigenvalue weighted by molar-refractivity contribution is 7.97. The second kappa shape index (κ2) is 6.40. The van der Waals surface area contributed by atoms with E-state index >= 15 is 0 Å². The van der Waals surface area contributed by atoms with Crippen LogP contribution in [-0.2, 0) is 4.79 Å². The molecule has 0 unspecified atom stereocenters. The van der Waals surface area contributed by atoms with E-state index < -0.39 is 0 Å². The van der Waals surface area contributed by atoms with Crippen LogP contribution in [0.15, 0.2) is 60.1 Å². The molecule has 110 valence electrons. The van der Waals surface area contributed by atoms with Gasteiger partial charge in [-0.3, -0.25) is 14.5 Å². The van der Waals surface area contributed by atoms with Crippen molar-refractivity contribution in [1.82, 2.24) is 24.5 Å². The van der Waals surface area contributed by atoms with Crippen LogP contribution in [0.4, 0.5) is 0 Å². The third-order valence-corrected chi connectivity index (χ3v) is 3.64. The van der Waals surface area contributed by atoms with Gasteiger partial charge < -0.3 is 0 Å². The number of carbonyl (C=O) groups excluding carboxylic acids is 1. The van der Waals surface area contributed by atoms with Crippen LogP contribution < -0.4 is 4.72 Å². The minimum absolute atomic E-state index is 0.110. The Kier molecular flexibility index (Phi) is 4.15. The molecule has 3 rings (SSSR count). The van der Waals surface area contributed by atoms with E-state index in [1.165, 1.54) is 18.9 Å². The second-order valence-corrected chi connectivity index (χ2v) is 5.33. The molecule has 0 saturated carbocycles. The van der Waals surface area contributed by atoms with Crippen LogP contribution in [0.2, 0.25) is 0 Å². The molecule has 22 heavy (non-hydrogen) atoms. The molecule has 1 amide bonds. The molecular formula is C15H13N5OS. The van der Waals surface area contributed by atoms with Gasteiger partial charge in [0.05, 0.1) is 23.8 Å². The van der Waals surface area contributed by atoms with E-state index in [2.05, 4.69) is 19.8 Å². The summed E-state index contributed by atoms with van der Waals surface area (Å²) in [6.07, 6.45) is 7.11. The van der Waals surface area contributed by atoms with Crippen LogP contribution in [0.5, 0.6) is 0 Å². The molecule has 0 fully saturated rings. The fourth-order valence-corrected chi connectivity index (χ4v) is 2.38. The van der Waals surface area contributed by atoms with Crippen LogP contribution >= 0.6 is 11.9 Å². The molecule has 0 aliphatic rings. The molecule has 6 nitrogen and oxygen atoms in total. The zero-order valence-electron chi connectivity index (χ0n) is 11.8. The second-order valence-electron chi connectivity index (χ2n) is 4.51. The van der Waals surface area contributed by atoms with Gasteiger partial charge >= 0.3 is 0 Å². The molecule has 0 aliphatic carbocycles. The molecule has 3 aromatic heterocycles. The van der Waals surface area contributed by atoms with E-state index in [1.54, 1.807) is 23.3 Å². The number of carbonyl (C=O) groups is 1. The minimum atomic E-state index is -0.110. The molecule has 0 spiro atoms. The van der Waals surface area contributed by atoms with Crippen molar-refractivity contribution in [2.24, 2.45) is 0 Å². The zero-order chi connectivity index (χ0) is 15.4. The average Bonchev–Trinajstić information content (AvgIpc) is 3.04. The highest BCUT2D eigenvalue weighted by Crippen LogP contribution is 2.21. The van der Waals surface area contributed by atoms with Crippen LogP contribution in [0, 0.1) is 0 Å². The topological polar surface area (TPSA) is 72.7 Å². The standard InChI is InChI=1S/C15H13N5OS/c1-11(21)19-22-15-6-2-5-14(18-15)12-8-17-20(10-12)13-4-3-7-16-9-13/h2-10H,1H3,(H,19,21). The summed E-state index contributed by atoms with van der Waals surface area (Å²) < 4.78 is 4.41. The predicted molar refractivity (Wildman–Crippen MR) is 84.3 cm³/mol. The maximum atomic E-state index is 11.0. The van der Waals surface area contributed by atoms with Crippen LogP contribution in [0.25, 0.3) is 16.9 Å². The van der Waals surface area contributed by atoms with Crippen LogP contribution in [0.3, 0.4) is 0 Å². The number of pyridine rings is 2. The maximum absolute atomic E-state index is 11.0. The Hall–Kier alpha value is -2.67. The Balaban J connectivity index is 1.84. The molecule has 0 radical (unpaired) electrons. The van der Waals surface area contributed by atoms with Gasteiger partial charge in [-0.1, -0.05) is 6.07 Å². The molecule has 0 atom stereocenters. The van der Waals surface area contributed by atoms with Gasteiger partial charge in [-0.05, 0) is 24.3 Å². The lowest BCUT2D eigenvalue weighted by Gasteiger charge is -2.02. The lowest BCUT2D eigenvalue weighted by atomic mass is 10.2. The summed E-state index contributed by atoms with van der Waals surface area (Å²) >= 11 is 1.19. The molecular weight excluding hydrogens is 298 g/mol. The fraction of sp³-hybridized carbons (Fsp3) is 0.0667. The van der Waals surface area contributed by atoms with Gasteiger partial charge in [0.15, 0.2) is 0 Å². The number of nitrogens with one attached hydrogen (secondary N) is 1. The minimum Gasteiger partial charge on any atom is -0.295 e. The van der Waals surface area contributed by atoms with E-state index in [0.29, 0.717) is 0 Å². The summed E-state index contributed by atoms with van der Waals surface area (Å²) in [6, 6.07) is 9.44. The first kappa shape index (κ1) is 14.3. The van der Waals surface area contributed by atoms with Crippen molar-refractivity contribution in [2.75, 3.05) is 0 Å². The van der Waals surface area contributed by atoms with Crippen molar-refractivity contribution in [1.29, 1.82) is 0 Å². The molecule has 3 aromatic rings. The quantitative estimate of drug-likeness (QED) is 0.749. The van der Waals surface area contributed by atoms with Gasteiger partial charge in [0.1, 0.15) is 5.03 Å². The van der Waals surface area contributed by atoms with Gasteiger partial charge in [-0.2, -0.15) is 5.10 Å².